The van der Waals surface area contributed by atoms with Crippen molar-refractivity contribution in [1.82, 2.24) is 20.2 Å². The van der Waals surface area contributed by atoms with Crippen molar-refractivity contribution in [1.29, 1.82) is 0 Å². The Labute approximate surface area is 197 Å². The maximum atomic E-state index is 13.5. The maximum Gasteiger partial charge on any atom is 0.245 e. The van der Waals surface area contributed by atoms with Crippen LogP contribution in [0.5, 0.6) is 0 Å². The normalized spacial score (nSPS) is 19.6. The summed E-state index contributed by atoms with van der Waals surface area (Å²) in [6, 6.07) is -0.734. The number of carbonyl (C=O) groups is 4. The van der Waals surface area contributed by atoms with Crippen LogP contribution in [0.3, 0.4) is 0 Å². The van der Waals surface area contributed by atoms with Crippen LogP contribution < -0.4 is 5.32 Å². The fraction of sp³-hybridized carbons (Fsp3) is 0.833. The summed E-state index contributed by atoms with van der Waals surface area (Å²) < 4.78 is 0. The highest BCUT2D eigenvalue weighted by Gasteiger charge is 2.39. The highest BCUT2D eigenvalue weighted by atomic mass is 16.5. The van der Waals surface area contributed by atoms with E-state index in [2.05, 4.69) is 5.32 Å². The van der Waals surface area contributed by atoms with Crippen LogP contribution in [0, 0.1) is 17.3 Å². The Kier molecular flexibility index (Phi) is 9.70. The Bertz CT molecular complexity index is 693. The molecule has 9 nitrogen and oxygen atoms in total. The van der Waals surface area contributed by atoms with Crippen molar-refractivity contribution in [2.75, 3.05) is 26.7 Å². The van der Waals surface area contributed by atoms with Crippen LogP contribution in [0.1, 0.15) is 72.6 Å². The van der Waals surface area contributed by atoms with E-state index >= 15 is 0 Å². The summed E-state index contributed by atoms with van der Waals surface area (Å²) in [5.41, 5.74) is -0.525. The van der Waals surface area contributed by atoms with Crippen LogP contribution in [-0.4, -0.2) is 83.0 Å². The average Bonchev–Trinajstić information content (AvgIpc) is 3.28. The van der Waals surface area contributed by atoms with Crippen LogP contribution in [0.2, 0.25) is 0 Å². The Morgan fingerprint density at radius 3 is 2.18 bits per heavy atom. The molecule has 1 saturated heterocycles. The average molecular weight is 467 g/mol. The molecule has 33 heavy (non-hydrogen) atoms. The van der Waals surface area contributed by atoms with Gasteiger partial charge in [0.15, 0.2) is 0 Å². The predicted molar refractivity (Wildman–Crippen MR) is 124 cm³/mol. The first-order chi connectivity index (χ1) is 15.4. The molecule has 0 bridgehead atoms. The number of piperidine rings is 1. The molecule has 0 radical (unpaired) electrons. The molecule has 2 N–H and O–H groups in total. The van der Waals surface area contributed by atoms with Crippen LogP contribution in [0.15, 0.2) is 0 Å². The lowest BCUT2D eigenvalue weighted by Crippen LogP contribution is -2.58. The van der Waals surface area contributed by atoms with E-state index in [-0.39, 0.29) is 30.3 Å². The molecule has 188 valence electrons. The van der Waals surface area contributed by atoms with Crippen LogP contribution in [0.25, 0.3) is 0 Å². The first-order valence-electron chi connectivity index (χ1n) is 12.2. The summed E-state index contributed by atoms with van der Waals surface area (Å²) >= 11 is 0. The summed E-state index contributed by atoms with van der Waals surface area (Å²) in [4.78, 5) is 52.9. The minimum atomic E-state index is -0.740. The Morgan fingerprint density at radius 1 is 1.12 bits per heavy atom. The number of likely N-dealkylation sites (tertiary alicyclic amines) is 1. The second-order valence-corrected chi connectivity index (χ2v) is 10.8. The highest BCUT2D eigenvalue weighted by Crippen LogP contribution is 2.31. The van der Waals surface area contributed by atoms with E-state index in [1.54, 1.807) is 23.8 Å². The quantitative estimate of drug-likeness (QED) is 0.307. The zero-order valence-corrected chi connectivity index (χ0v) is 20.9. The molecule has 0 unspecified atom stereocenters. The number of rotatable bonds is 9. The number of hydroxylamine groups is 2. The fourth-order valence-electron chi connectivity index (χ4n) is 5.04. The molecule has 0 aromatic rings. The van der Waals surface area contributed by atoms with Crippen LogP contribution >= 0.6 is 0 Å². The van der Waals surface area contributed by atoms with E-state index < -0.39 is 17.4 Å². The molecule has 4 amide bonds. The van der Waals surface area contributed by atoms with E-state index in [4.69, 9.17) is 0 Å². The monoisotopic (exact) mass is 466 g/mol. The van der Waals surface area contributed by atoms with E-state index in [1.807, 2.05) is 20.8 Å². The zero-order valence-electron chi connectivity index (χ0n) is 20.9. The van der Waals surface area contributed by atoms with Gasteiger partial charge >= 0.3 is 0 Å². The fourth-order valence-corrected chi connectivity index (χ4v) is 5.04. The summed E-state index contributed by atoms with van der Waals surface area (Å²) in [7, 11) is 1.76. The van der Waals surface area contributed by atoms with Crippen molar-refractivity contribution in [2.45, 2.75) is 84.7 Å². The van der Waals surface area contributed by atoms with Crippen molar-refractivity contribution in [3.63, 3.8) is 0 Å². The first-order valence-corrected chi connectivity index (χ1v) is 12.2. The van der Waals surface area contributed by atoms with Crippen LogP contribution in [-0.2, 0) is 19.2 Å². The highest BCUT2D eigenvalue weighted by molar-refractivity contribution is 5.89. The molecular formula is C24H42N4O5. The van der Waals surface area contributed by atoms with Gasteiger partial charge in [0.2, 0.25) is 24.1 Å². The lowest BCUT2D eigenvalue weighted by atomic mass is 9.84. The van der Waals surface area contributed by atoms with Gasteiger partial charge in [0.05, 0.1) is 12.5 Å². The Morgan fingerprint density at radius 2 is 1.70 bits per heavy atom. The van der Waals surface area contributed by atoms with Gasteiger partial charge in [0.25, 0.3) is 0 Å². The summed E-state index contributed by atoms with van der Waals surface area (Å²) in [5.74, 6) is -0.614. The van der Waals surface area contributed by atoms with Gasteiger partial charge in [0.1, 0.15) is 6.04 Å². The second-order valence-electron chi connectivity index (χ2n) is 10.8. The summed E-state index contributed by atoms with van der Waals surface area (Å²) in [5, 5.41) is 13.2. The van der Waals surface area contributed by atoms with Gasteiger partial charge < -0.3 is 15.1 Å². The van der Waals surface area contributed by atoms with Gasteiger partial charge in [-0.05, 0) is 30.6 Å². The minimum Gasteiger partial charge on any atom is -0.344 e. The van der Waals surface area contributed by atoms with E-state index in [1.165, 1.54) is 0 Å². The molecule has 2 rings (SSSR count). The van der Waals surface area contributed by atoms with Gasteiger partial charge in [0, 0.05) is 33.1 Å². The van der Waals surface area contributed by atoms with Crippen molar-refractivity contribution < 1.29 is 24.4 Å². The van der Waals surface area contributed by atoms with Gasteiger partial charge in [-0.1, -0.05) is 46.5 Å². The third-order valence-corrected chi connectivity index (χ3v) is 7.20. The summed E-state index contributed by atoms with van der Waals surface area (Å²) in [6.45, 7) is 8.45. The standard InChI is InChI=1S/C24H42N4O5/c1-17(30)27-12-10-20(11-13-27)26(5)23(32)21(24(2,3)4)25-22(31)19(15-28(33)16-29)14-18-8-6-7-9-18/h16,18-21,33H,6-15H2,1-5H3,(H,25,31)/t19-,21-/m1/s1. The molecule has 1 saturated carbocycles. The van der Waals surface area contributed by atoms with Gasteiger partial charge in [-0.15, -0.1) is 0 Å². The first kappa shape index (κ1) is 27.1. The molecule has 0 aromatic heterocycles. The number of amides is 4. The molecule has 1 aliphatic carbocycles. The molecule has 1 aliphatic heterocycles. The van der Waals surface area contributed by atoms with Crippen LogP contribution in [0.4, 0.5) is 0 Å². The van der Waals surface area contributed by atoms with E-state index in [0.717, 1.165) is 25.7 Å². The third-order valence-electron chi connectivity index (χ3n) is 7.20. The topological polar surface area (TPSA) is 110 Å². The number of hydrogen-bond donors (Lipinski definition) is 2. The predicted octanol–water partition coefficient (Wildman–Crippen LogP) is 2.03. The van der Waals surface area contributed by atoms with Crippen molar-refractivity contribution >= 4 is 24.1 Å². The van der Waals surface area contributed by atoms with Crippen molar-refractivity contribution in [3.8, 4) is 0 Å². The van der Waals surface area contributed by atoms with E-state index in [0.29, 0.717) is 49.7 Å². The third kappa shape index (κ3) is 7.69. The number of likely N-dealkylation sites (N-methyl/N-ethyl adjacent to an activating group) is 1. The molecule has 0 spiro atoms. The smallest absolute Gasteiger partial charge is 0.245 e. The van der Waals surface area contributed by atoms with Crippen molar-refractivity contribution in [2.24, 2.45) is 17.3 Å². The Balaban J connectivity index is 2.10. The summed E-state index contributed by atoms with van der Waals surface area (Å²) in [6.07, 6.45) is 6.64. The van der Waals surface area contributed by atoms with Gasteiger partial charge in [-0.25, -0.2) is 5.06 Å². The molecule has 2 atom stereocenters. The van der Waals surface area contributed by atoms with E-state index in [9.17, 15) is 24.4 Å². The largest absolute Gasteiger partial charge is 0.344 e. The molecule has 0 aromatic carbocycles. The molecule has 9 heteroatoms. The van der Waals surface area contributed by atoms with Gasteiger partial charge in [-0.2, -0.15) is 0 Å². The second kappa shape index (κ2) is 11.8. The minimum absolute atomic E-state index is 0.00661. The lowest BCUT2D eigenvalue weighted by Gasteiger charge is -2.40. The molecule has 2 fully saturated rings. The lowest BCUT2D eigenvalue weighted by molar-refractivity contribution is -0.156. The molecular weight excluding hydrogens is 424 g/mol. The number of hydrogen-bond acceptors (Lipinski definition) is 5. The molecule has 2 aliphatic rings. The van der Waals surface area contributed by atoms with Crippen molar-refractivity contribution in [3.05, 3.63) is 0 Å². The molecule has 1 heterocycles. The zero-order chi connectivity index (χ0) is 24.8. The van der Waals surface area contributed by atoms with Gasteiger partial charge in [-0.3, -0.25) is 24.4 Å². The number of nitrogens with one attached hydrogen (secondary N) is 1. The number of nitrogens with zero attached hydrogens (tertiary/aromatic N) is 3. The number of carbonyl (C=O) groups excluding carboxylic acids is 4. The maximum absolute atomic E-state index is 13.5. The SMILES string of the molecule is CC(=O)N1CCC(N(C)C(=O)[C@@H](NC(=O)[C@H](CC2CCCC2)CN(O)C=O)C(C)(C)C)CC1. The Hall–Kier alpha value is -2.16.